The van der Waals surface area contributed by atoms with Crippen LogP contribution in [0.3, 0.4) is 0 Å². The van der Waals surface area contributed by atoms with E-state index in [0.717, 1.165) is 5.54 Å². The Morgan fingerprint density at radius 1 is 0.838 bits per heavy atom. The maximum atomic E-state index is 2.51. The molecule has 8 rings (SSSR count). The quantitative estimate of drug-likeness (QED) is 0.211. The first-order valence-corrected chi connectivity index (χ1v) is 15.5. The number of hydrogen-bond donors (Lipinski definition) is 0. The SMILES string of the molecule is CC(C)c1cc2c(ccc3ccccc32)[cH-]1.CC1=C2c3c(ccn3-c3ccccc3)C1[Si]2(C)C.[Cl-].[Cl-].[Zr+3]. The minimum Gasteiger partial charge on any atom is -1.00 e. The number of nitrogens with zero attached hydrogens (tertiary/aromatic N) is 1. The van der Waals surface area contributed by atoms with Crippen LogP contribution in [0.4, 0.5) is 0 Å². The van der Waals surface area contributed by atoms with Crippen molar-refractivity contribution in [2.24, 2.45) is 0 Å². The van der Waals surface area contributed by atoms with E-state index in [4.69, 9.17) is 0 Å². The van der Waals surface area contributed by atoms with Crippen LogP contribution in [0.1, 0.15) is 49.1 Å². The third-order valence-electron chi connectivity index (χ3n) is 8.00. The molecule has 0 saturated heterocycles. The third kappa shape index (κ3) is 4.67. The molecule has 1 unspecified atom stereocenters. The Balaban J connectivity index is 0.000000191. The molecule has 0 fully saturated rings. The molecular formula is C32H32Cl2NSiZr. The number of halogens is 2. The largest absolute Gasteiger partial charge is 3.00 e. The van der Waals surface area contributed by atoms with Crippen molar-refractivity contribution in [3.63, 3.8) is 0 Å². The molecule has 1 aliphatic carbocycles. The molecule has 3 heterocycles. The molecule has 1 aromatic heterocycles. The van der Waals surface area contributed by atoms with Crippen LogP contribution in [0.2, 0.25) is 13.1 Å². The van der Waals surface area contributed by atoms with E-state index in [2.05, 4.69) is 130 Å². The van der Waals surface area contributed by atoms with Gasteiger partial charge in [-0.3, -0.25) is 0 Å². The van der Waals surface area contributed by atoms with Gasteiger partial charge in [0.1, 0.15) is 0 Å². The Kier molecular flexibility index (Phi) is 8.97. The molecule has 4 aromatic carbocycles. The van der Waals surface area contributed by atoms with Gasteiger partial charge in [0, 0.05) is 23.1 Å². The Bertz CT molecular complexity index is 1580. The molecule has 1 radical (unpaired) electrons. The fourth-order valence-corrected chi connectivity index (χ4v) is 10.8. The fourth-order valence-electron chi connectivity index (χ4n) is 6.44. The minimum absolute atomic E-state index is 0. The van der Waals surface area contributed by atoms with Crippen LogP contribution in [-0.2, 0) is 26.2 Å². The number of hydrogen-bond acceptors (Lipinski definition) is 0. The summed E-state index contributed by atoms with van der Waals surface area (Å²) in [5.74, 6) is 0.603. The van der Waals surface area contributed by atoms with E-state index in [-0.39, 0.29) is 51.0 Å². The first-order valence-electron chi connectivity index (χ1n) is 12.4. The van der Waals surface area contributed by atoms with Crippen molar-refractivity contribution >= 4 is 34.8 Å². The molecule has 1 nitrogen and oxygen atoms in total. The summed E-state index contributed by atoms with van der Waals surface area (Å²) in [6.07, 6.45) is 2.24. The number of rotatable bonds is 2. The molecule has 3 aliphatic rings. The summed E-state index contributed by atoms with van der Waals surface area (Å²) in [5, 5.41) is 7.16. The van der Waals surface area contributed by atoms with E-state index >= 15 is 0 Å². The second-order valence-electron chi connectivity index (χ2n) is 10.8. The van der Waals surface area contributed by atoms with E-state index in [9.17, 15) is 0 Å². The van der Waals surface area contributed by atoms with Crippen LogP contribution in [0.15, 0.2) is 96.7 Å². The van der Waals surface area contributed by atoms with Gasteiger partial charge in [-0.25, -0.2) is 0 Å². The van der Waals surface area contributed by atoms with Crippen molar-refractivity contribution in [2.75, 3.05) is 0 Å². The van der Waals surface area contributed by atoms with E-state index in [0.29, 0.717) is 5.92 Å². The van der Waals surface area contributed by atoms with Crippen LogP contribution in [-0.4, -0.2) is 12.6 Å². The Morgan fingerprint density at radius 3 is 2.19 bits per heavy atom. The van der Waals surface area contributed by atoms with Crippen molar-refractivity contribution in [3.8, 4) is 5.69 Å². The van der Waals surface area contributed by atoms with Gasteiger partial charge in [0.15, 0.2) is 0 Å². The molecule has 2 bridgehead atoms. The van der Waals surface area contributed by atoms with Crippen LogP contribution in [0, 0.1) is 0 Å². The molecule has 0 saturated carbocycles. The summed E-state index contributed by atoms with van der Waals surface area (Å²) in [5.41, 5.74) is 8.25. The maximum absolute atomic E-state index is 2.51. The van der Waals surface area contributed by atoms with Gasteiger partial charge in [-0.05, 0) is 47.2 Å². The van der Waals surface area contributed by atoms with Crippen LogP contribution >= 0.6 is 0 Å². The average molecular weight is 621 g/mol. The van der Waals surface area contributed by atoms with E-state index < -0.39 is 8.07 Å². The molecule has 2 aliphatic heterocycles. The Morgan fingerprint density at radius 2 is 1.51 bits per heavy atom. The van der Waals surface area contributed by atoms with Crippen LogP contribution in [0.5, 0.6) is 0 Å². The monoisotopic (exact) mass is 618 g/mol. The summed E-state index contributed by atoms with van der Waals surface area (Å²) in [4.78, 5) is 0. The van der Waals surface area contributed by atoms with Gasteiger partial charge in [-0.2, -0.15) is 6.07 Å². The molecule has 0 spiro atoms. The van der Waals surface area contributed by atoms with Crippen molar-refractivity contribution in [3.05, 3.63) is 114 Å². The average Bonchev–Trinajstić information content (AvgIpc) is 3.56. The first-order chi connectivity index (χ1) is 16.4. The van der Waals surface area contributed by atoms with Crippen LogP contribution in [0.25, 0.3) is 32.4 Å². The zero-order chi connectivity index (χ0) is 23.6. The summed E-state index contributed by atoms with van der Waals surface area (Å²) in [6, 6.07) is 30.7. The normalized spacial score (nSPS) is 16.2. The Labute approximate surface area is 253 Å². The third-order valence-corrected chi connectivity index (χ3v) is 12.1. The zero-order valence-corrected chi connectivity index (χ0v) is 27.0. The van der Waals surface area contributed by atoms with Crippen molar-refractivity contribution in [1.29, 1.82) is 0 Å². The molecular weight excluding hydrogens is 589 g/mol. The predicted octanol–water partition coefficient (Wildman–Crippen LogP) is 2.99. The van der Waals surface area contributed by atoms with E-state index in [1.807, 2.05) is 0 Å². The topological polar surface area (TPSA) is 4.93 Å². The smallest absolute Gasteiger partial charge is 1.00 e. The maximum Gasteiger partial charge on any atom is 3.00 e. The Hall–Kier alpha value is -1.77. The number of benzene rings is 3. The molecule has 0 N–H and O–H groups in total. The summed E-state index contributed by atoms with van der Waals surface area (Å²) in [6.45, 7) is 11.8. The molecule has 5 aromatic rings. The second-order valence-corrected chi connectivity index (χ2v) is 15.3. The summed E-state index contributed by atoms with van der Waals surface area (Å²) < 4.78 is 2.38. The van der Waals surface area contributed by atoms with Gasteiger partial charge in [-0.15, -0.1) is 28.5 Å². The number of allylic oxidation sites excluding steroid dienone is 1. The molecule has 5 heteroatoms. The van der Waals surface area contributed by atoms with Gasteiger partial charge in [0.25, 0.3) is 0 Å². The van der Waals surface area contributed by atoms with Crippen molar-refractivity contribution < 1.29 is 51.0 Å². The minimum atomic E-state index is -1.17. The van der Waals surface area contributed by atoms with Crippen molar-refractivity contribution in [2.45, 2.75) is 45.3 Å². The van der Waals surface area contributed by atoms with Crippen molar-refractivity contribution in [1.82, 2.24) is 4.57 Å². The molecule has 0 amide bonds. The van der Waals surface area contributed by atoms with Gasteiger partial charge < -0.3 is 29.4 Å². The molecule has 37 heavy (non-hydrogen) atoms. The second kappa shape index (κ2) is 11.1. The fraction of sp³-hybridized carbons (Fsp3) is 0.219. The van der Waals surface area contributed by atoms with Gasteiger partial charge in [0.05, 0.1) is 8.07 Å². The molecule has 187 valence electrons. The molecule has 1 atom stereocenters. The summed E-state index contributed by atoms with van der Waals surface area (Å²) in [7, 11) is -1.17. The van der Waals surface area contributed by atoms with Crippen LogP contribution < -0.4 is 24.8 Å². The number of fused-ring (bicyclic) bond motifs is 3. The van der Waals surface area contributed by atoms with Gasteiger partial charge in [-0.1, -0.05) is 86.4 Å². The van der Waals surface area contributed by atoms with Gasteiger partial charge >= 0.3 is 26.2 Å². The predicted molar refractivity (Wildman–Crippen MR) is 150 cm³/mol. The summed E-state index contributed by atoms with van der Waals surface area (Å²) >= 11 is 0. The first kappa shape index (κ1) is 29.8. The standard InChI is InChI=1S/C16H17NSi.C16H15.2ClH.Zr/c1-11-15-13-9-10-17(12-7-5-4-6-8-12)14(13)16(11)18(15,2)3;1-11(2)14-9-13-8-7-12-5-3-4-6-15(12)16(13)10-14;;;/h4-10,15H,1-3H3;3-11H,1-2H3;2*1H;/q;-1;;;+3/p-2. The number of para-hydroxylation sites is 1. The van der Waals surface area contributed by atoms with Gasteiger partial charge in [0.2, 0.25) is 0 Å². The number of aromatic nitrogens is 1. The van der Waals surface area contributed by atoms with E-state index in [1.54, 1.807) is 16.3 Å². The van der Waals surface area contributed by atoms with E-state index in [1.165, 1.54) is 38.5 Å². The zero-order valence-electron chi connectivity index (χ0n) is 22.0.